The van der Waals surface area contributed by atoms with E-state index in [0.29, 0.717) is 55.5 Å². The maximum atomic E-state index is 12.7. The molecule has 3 aromatic heterocycles. The lowest BCUT2D eigenvalue weighted by Crippen LogP contribution is -2.46. The van der Waals surface area contributed by atoms with Crippen molar-refractivity contribution in [2.75, 3.05) is 50.5 Å². The molecule has 1 fully saturated rings. The number of rotatable bonds is 10. The van der Waals surface area contributed by atoms with Crippen LogP contribution in [-0.4, -0.2) is 88.2 Å². The Hall–Kier alpha value is -4.39. The number of aromatic nitrogens is 5. The molecule has 10 nitrogen and oxygen atoms in total. The zero-order chi connectivity index (χ0) is 32.1. The molecule has 13 heteroatoms. The number of nitrogens with one attached hydrogen (secondary N) is 2. The largest absolute Gasteiger partial charge is 0.401 e. The zero-order valence-corrected chi connectivity index (χ0v) is 25.8. The Balaban J connectivity index is 1.20. The number of alkyl halides is 3. The number of hydrogen-bond acceptors (Lipinski definition) is 9. The number of pyridine rings is 1. The summed E-state index contributed by atoms with van der Waals surface area (Å²) in [7, 11) is 3.50. The van der Waals surface area contributed by atoms with E-state index in [1.807, 2.05) is 30.1 Å². The Morgan fingerprint density at radius 3 is 2.49 bits per heavy atom. The number of nitrogens with zero attached hydrogens (tertiary/aromatic N) is 7. The highest BCUT2D eigenvalue weighted by molar-refractivity contribution is 6.06. The summed E-state index contributed by atoms with van der Waals surface area (Å²) < 4.78 is 38.2. The smallest absolute Gasteiger partial charge is 0.370 e. The number of para-hydroxylation sites is 1. The molecule has 2 N–H and O–H groups in total. The van der Waals surface area contributed by atoms with Crippen molar-refractivity contribution in [1.29, 1.82) is 0 Å². The van der Waals surface area contributed by atoms with Crippen molar-refractivity contribution < 1.29 is 18.0 Å². The lowest BCUT2D eigenvalue weighted by atomic mass is 9.87. The number of amides is 1. The van der Waals surface area contributed by atoms with E-state index in [-0.39, 0.29) is 23.8 Å². The molecule has 1 aliphatic rings. The van der Waals surface area contributed by atoms with Crippen molar-refractivity contribution in [3.05, 3.63) is 66.4 Å². The number of carbonyl (C=O) groups is 1. The second-order valence-corrected chi connectivity index (χ2v) is 11.6. The molecular weight excluding hydrogens is 583 g/mol. The number of halogens is 3. The van der Waals surface area contributed by atoms with Crippen molar-refractivity contribution in [1.82, 2.24) is 35.1 Å². The van der Waals surface area contributed by atoms with Crippen LogP contribution in [0.15, 0.2) is 55.2 Å². The van der Waals surface area contributed by atoms with Gasteiger partial charge in [-0.1, -0.05) is 32.0 Å². The summed E-state index contributed by atoms with van der Waals surface area (Å²) in [6.07, 6.45) is 3.63. The zero-order valence-electron chi connectivity index (χ0n) is 25.8. The van der Waals surface area contributed by atoms with Crippen LogP contribution in [0, 0.1) is 5.92 Å². The summed E-state index contributed by atoms with van der Waals surface area (Å²) in [5, 5.41) is 6.95. The first kappa shape index (κ1) is 32.0. The second-order valence-electron chi connectivity index (χ2n) is 11.6. The van der Waals surface area contributed by atoms with Crippen LogP contribution in [0.3, 0.4) is 0 Å². The van der Waals surface area contributed by atoms with Gasteiger partial charge in [0.05, 0.1) is 23.3 Å². The fourth-order valence-corrected chi connectivity index (χ4v) is 5.78. The highest BCUT2D eigenvalue weighted by atomic mass is 19.4. The van der Waals surface area contributed by atoms with Crippen LogP contribution >= 0.6 is 0 Å². The van der Waals surface area contributed by atoms with Gasteiger partial charge in [0.2, 0.25) is 5.95 Å². The molecule has 4 heterocycles. The van der Waals surface area contributed by atoms with Gasteiger partial charge >= 0.3 is 6.18 Å². The maximum Gasteiger partial charge on any atom is 0.401 e. The van der Waals surface area contributed by atoms with Crippen LogP contribution in [0.4, 0.5) is 24.9 Å². The maximum absolute atomic E-state index is 12.7. The molecule has 5 rings (SSSR count). The molecule has 4 aromatic rings. The fourth-order valence-electron chi connectivity index (χ4n) is 5.78. The Morgan fingerprint density at radius 2 is 1.80 bits per heavy atom. The third-order valence-corrected chi connectivity index (χ3v) is 8.65. The lowest BCUT2D eigenvalue weighted by molar-refractivity contribution is -0.147. The molecule has 1 aromatic carbocycles. The van der Waals surface area contributed by atoms with E-state index in [9.17, 15) is 18.0 Å². The quantitative estimate of drug-likeness (QED) is 0.248. The van der Waals surface area contributed by atoms with Crippen LogP contribution in [0.1, 0.15) is 48.5 Å². The Bertz CT molecular complexity index is 1610. The number of anilines is 2. The summed E-state index contributed by atoms with van der Waals surface area (Å²) in [5.74, 6) is 1.40. The van der Waals surface area contributed by atoms with E-state index in [4.69, 9.17) is 0 Å². The first-order valence-electron chi connectivity index (χ1n) is 15.0. The van der Waals surface area contributed by atoms with Crippen LogP contribution < -0.4 is 15.5 Å². The predicted octanol–water partition coefficient (Wildman–Crippen LogP) is 5.16. The molecule has 0 aliphatic carbocycles. The standard InChI is InChI=1S/C32H38F3N9O/c1-20(21(2)24-6-5-7-25-26(30(45)36-3)8-11-37-29(24)25)15-38-28-14-27(41-19-42-28)22-16-39-31(40-17-22)43(4)23-9-12-44(13-10-23)18-32(33,34)35/h5-8,11,14,16-17,19-21,23H,9-10,12-13,15,18H2,1-4H3,(H,36,45)(H,38,41,42)/t20-,21?/m1/s1. The van der Waals surface area contributed by atoms with Crippen molar-refractivity contribution in [2.24, 2.45) is 5.92 Å². The normalized spacial score (nSPS) is 15.9. The lowest BCUT2D eigenvalue weighted by Gasteiger charge is -2.36. The number of fused-ring (bicyclic) bond motifs is 1. The van der Waals surface area contributed by atoms with E-state index < -0.39 is 12.7 Å². The van der Waals surface area contributed by atoms with Gasteiger partial charge in [-0.15, -0.1) is 0 Å². The summed E-state index contributed by atoms with van der Waals surface area (Å²) in [6.45, 7) is 4.86. The highest BCUT2D eigenvalue weighted by Crippen LogP contribution is 2.31. The Labute approximate surface area is 260 Å². The Kier molecular flexibility index (Phi) is 9.76. The topological polar surface area (TPSA) is 112 Å². The minimum absolute atomic E-state index is 0.0714. The first-order valence-corrected chi connectivity index (χ1v) is 15.0. The molecule has 2 atom stereocenters. The summed E-state index contributed by atoms with van der Waals surface area (Å²) in [6, 6.07) is 9.61. The van der Waals surface area contributed by atoms with Crippen molar-refractivity contribution in [3.63, 3.8) is 0 Å². The van der Waals surface area contributed by atoms with Gasteiger partial charge in [-0.3, -0.25) is 14.7 Å². The molecule has 0 spiro atoms. The minimum Gasteiger partial charge on any atom is -0.370 e. The van der Waals surface area contributed by atoms with Gasteiger partial charge in [-0.2, -0.15) is 13.2 Å². The van der Waals surface area contributed by atoms with Gasteiger partial charge in [0.1, 0.15) is 12.1 Å². The van der Waals surface area contributed by atoms with Crippen LogP contribution in [0.25, 0.3) is 22.2 Å². The molecule has 1 aliphatic heterocycles. The summed E-state index contributed by atoms with van der Waals surface area (Å²) >= 11 is 0. The molecule has 0 radical (unpaired) electrons. The molecule has 1 saturated heterocycles. The number of benzene rings is 1. The first-order chi connectivity index (χ1) is 21.5. The van der Waals surface area contributed by atoms with Gasteiger partial charge in [-0.25, -0.2) is 19.9 Å². The average molecular weight is 622 g/mol. The van der Waals surface area contributed by atoms with Gasteiger partial charge in [0.15, 0.2) is 0 Å². The number of carbonyl (C=O) groups excluding carboxylic acids is 1. The highest BCUT2D eigenvalue weighted by Gasteiger charge is 2.33. The third-order valence-electron chi connectivity index (χ3n) is 8.65. The second kappa shape index (κ2) is 13.7. The molecular formula is C32H38F3N9O. The molecule has 45 heavy (non-hydrogen) atoms. The molecule has 1 amide bonds. The summed E-state index contributed by atoms with van der Waals surface area (Å²) in [4.78, 5) is 38.2. The monoisotopic (exact) mass is 621 g/mol. The van der Waals surface area contributed by atoms with Crippen molar-refractivity contribution in [2.45, 2.75) is 44.8 Å². The van der Waals surface area contributed by atoms with Crippen LogP contribution in [0.2, 0.25) is 0 Å². The molecule has 0 saturated carbocycles. The number of likely N-dealkylation sites (tertiary alicyclic amines) is 1. The van der Waals surface area contributed by atoms with E-state index in [0.717, 1.165) is 22.0 Å². The van der Waals surface area contributed by atoms with E-state index in [2.05, 4.69) is 55.5 Å². The average Bonchev–Trinajstić information content (AvgIpc) is 3.05. The van der Waals surface area contributed by atoms with E-state index >= 15 is 0 Å². The predicted molar refractivity (Wildman–Crippen MR) is 168 cm³/mol. The molecule has 1 unspecified atom stereocenters. The minimum atomic E-state index is -4.18. The SMILES string of the molecule is CNC(=O)c1ccnc2c(C(C)[C@H](C)CNc3cc(-c4cnc(N(C)C5CCN(CC(F)(F)F)CC5)nc4)ncn3)cccc12. The summed E-state index contributed by atoms with van der Waals surface area (Å²) in [5.41, 5.74) is 3.90. The van der Waals surface area contributed by atoms with E-state index in [1.165, 1.54) is 11.2 Å². The van der Waals surface area contributed by atoms with Crippen LogP contribution in [0.5, 0.6) is 0 Å². The molecule has 238 valence electrons. The van der Waals surface area contributed by atoms with Crippen LogP contribution in [-0.2, 0) is 0 Å². The van der Waals surface area contributed by atoms with Gasteiger partial charge in [0, 0.05) is 75.4 Å². The Morgan fingerprint density at radius 1 is 1.07 bits per heavy atom. The fraction of sp³-hybridized carbons (Fsp3) is 0.438. The van der Waals surface area contributed by atoms with E-state index in [1.54, 1.807) is 31.7 Å². The van der Waals surface area contributed by atoms with Gasteiger partial charge < -0.3 is 15.5 Å². The third kappa shape index (κ3) is 7.64. The van der Waals surface area contributed by atoms with Crippen molar-refractivity contribution >= 4 is 28.6 Å². The van der Waals surface area contributed by atoms with Gasteiger partial charge in [0.25, 0.3) is 5.91 Å². The van der Waals surface area contributed by atoms with Crippen molar-refractivity contribution in [3.8, 4) is 11.3 Å². The number of hydrogen-bond donors (Lipinski definition) is 2. The molecule has 0 bridgehead atoms. The van der Waals surface area contributed by atoms with Gasteiger partial charge in [-0.05, 0) is 36.3 Å². The number of piperidine rings is 1.